The van der Waals surface area contributed by atoms with E-state index in [1.807, 2.05) is 6.07 Å². The van der Waals surface area contributed by atoms with E-state index in [2.05, 4.69) is 4.98 Å². The first kappa shape index (κ1) is 12.3. The van der Waals surface area contributed by atoms with Crippen LogP contribution in [0.2, 0.25) is 0 Å². The molecule has 84 valence electrons. The summed E-state index contributed by atoms with van der Waals surface area (Å²) in [6, 6.07) is 5.15. The Morgan fingerprint density at radius 1 is 1.69 bits per heavy atom. The van der Waals surface area contributed by atoms with Gasteiger partial charge >= 0.3 is 5.97 Å². The van der Waals surface area contributed by atoms with Crippen molar-refractivity contribution >= 4 is 23.4 Å². The van der Waals surface area contributed by atoms with E-state index in [9.17, 15) is 4.79 Å². The molecule has 0 atom stereocenters. The van der Waals surface area contributed by atoms with E-state index in [1.54, 1.807) is 19.1 Å². The van der Waals surface area contributed by atoms with E-state index in [1.165, 1.54) is 11.8 Å². The average molecular weight is 237 g/mol. The smallest absolute Gasteiger partial charge is 0.316 e. The summed E-state index contributed by atoms with van der Waals surface area (Å²) in [5.41, 5.74) is 6.03. The van der Waals surface area contributed by atoms with E-state index in [0.29, 0.717) is 17.3 Å². The van der Waals surface area contributed by atoms with Crippen molar-refractivity contribution < 1.29 is 9.53 Å². The fourth-order valence-corrected chi connectivity index (χ4v) is 1.63. The third-order valence-corrected chi connectivity index (χ3v) is 2.55. The number of carbonyl (C=O) groups is 1. The molecule has 1 aromatic heterocycles. The highest BCUT2D eigenvalue weighted by Gasteiger charge is 2.06. The van der Waals surface area contributed by atoms with Gasteiger partial charge in [0.05, 0.1) is 23.1 Å². The van der Waals surface area contributed by atoms with Gasteiger partial charge < -0.3 is 10.5 Å². The lowest BCUT2D eigenvalue weighted by atomic mass is 10.3. The molecule has 0 bridgehead atoms. The van der Waals surface area contributed by atoms with Crippen molar-refractivity contribution in [1.82, 2.24) is 4.98 Å². The van der Waals surface area contributed by atoms with Gasteiger partial charge in [0.25, 0.3) is 0 Å². The molecule has 0 aliphatic heterocycles. The maximum absolute atomic E-state index is 11.1. The number of nitrogen functional groups attached to an aromatic ring is 1. The Bertz CT molecular complexity index is 429. The van der Waals surface area contributed by atoms with E-state index in [0.717, 1.165) is 0 Å². The second kappa shape index (κ2) is 5.98. The van der Waals surface area contributed by atoms with Crippen LogP contribution in [-0.4, -0.2) is 23.3 Å². The fourth-order valence-electron chi connectivity index (χ4n) is 0.957. The lowest BCUT2D eigenvalue weighted by Crippen LogP contribution is -2.06. The topological polar surface area (TPSA) is 89.0 Å². The molecular formula is C10H11N3O2S. The minimum Gasteiger partial charge on any atom is -0.465 e. The molecule has 1 heterocycles. The van der Waals surface area contributed by atoms with Crippen molar-refractivity contribution in [2.24, 2.45) is 0 Å². The van der Waals surface area contributed by atoms with Crippen LogP contribution in [0, 0.1) is 11.3 Å². The van der Waals surface area contributed by atoms with Crippen LogP contribution in [-0.2, 0) is 9.53 Å². The standard InChI is InChI=1S/C10H11N3O2S/c1-2-15-10(14)6-16-9-4-3-7(12)8(5-11)13-9/h3-4H,2,6,12H2,1H3. The van der Waals surface area contributed by atoms with Crippen LogP contribution < -0.4 is 5.73 Å². The molecular weight excluding hydrogens is 226 g/mol. The Labute approximate surface area is 97.6 Å². The molecule has 6 heteroatoms. The second-order valence-electron chi connectivity index (χ2n) is 2.79. The number of hydrogen-bond donors (Lipinski definition) is 1. The van der Waals surface area contributed by atoms with Crippen LogP contribution in [0.1, 0.15) is 12.6 Å². The molecule has 0 aliphatic rings. The summed E-state index contributed by atoms with van der Waals surface area (Å²) in [5, 5.41) is 9.29. The molecule has 0 spiro atoms. The zero-order valence-electron chi connectivity index (χ0n) is 8.77. The highest BCUT2D eigenvalue weighted by molar-refractivity contribution is 7.99. The van der Waals surface area contributed by atoms with Gasteiger partial charge in [-0.1, -0.05) is 11.8 Å². The Morgan fingerprint density at radius 2 is 2.44 bits per heavy atom. The first-order chi connectivity index (χ1) is 7.67. The highest BCUT2D eigenvalue weighted by atomic mass is 32.2. The molecule has 1 rings (SSSR count). The number of nitrogens with two attached hydrogens (primary N) is 1. The van der Waals surface area contributed by atoms with Crippen LogP contribution in [0.5, 0.6) is 0 Å². The maximum Gasteiger partial charge on any atom is 0.316 e. The number of hydrogen-bond acceptors (Lipinski definition) is 6. The van der Waals surface area contributed by atoms with Gasteiger partial charge in [-0.2, -0.15) is 5.26 Å². The number of nitrogens with zero attached hydrogens (tertiary/aromatic N) is 2. The van der Waals surface area contributed by atoms with E-state index >= 15 is 0 Å². The van der Waals surface area contributed by atoms with Gasteiger partial charge in [-0.15, -0.1) is 0 Å². The van der Waals surface area contributed by atoms with Gasteiger partial charge in [0.2, 0.25) is 0 Å². The number of pyridine rings is 1. The number of thioether (sulfide) groups is 1. The average Bonchev–Trinajstić information content (AvgIpc) is 2.28. The number of carbonyl (C=O) groups excluding carboxylic acids is 1. The molecule has 5 nitrogen and oxygen atoms in total. The van der Waals surface area contributed by atoms with Crippen molar-refractivity contribution in [2.45, 2.75) is 11.9 Å². The lowest BCUT2D eigenvalue weighted by molar-refractivity contribution is -0.139. The van der Waals surface area contributed by atoms with Crippen LogP contribution in [0.25, 0.3) is 0 Å². The summed E-state index contributed by atoms with van der Waals surface area (Å²) in [4.78, 5) is 15.1. The van der Waals surface area contributed by atoms with Gasteiger partial charge in [0.15, 0.2) is 5.69 Å². The van der Waals surface area contributed by atoms with Crippen molar-refractivity contribution in [3.8, 4) is 6.07 Å². The van der Waals surface area contributed by atoms with Gasteiger partial charge in [-0.25, -0.2) is 4.98 Å². The summed E-state index contributed by atoms with van der Waals surface area (Å²) in [7, 11) is 0. The van der Waals surface area contributed by atoms with Crippen molar-refractivity contribution in [2.75, 3.05) is 18.1 Å². The number of esters is 1. The Kier molecular flexibility index (Phi) is 4.61. The Hall–Kier alpha value is -1.74. The maximum atomic E-state index is 11.1. The number of aromatic nitrogens is 1. The van der Waals surface area contributed by atoms with Gasteiger partial charge in [-0.3, -0.25) is 4.79 Å². The lowest BCUT2D eigenvalue weighted by Gasteiger charge is -2.02. The summed E-state index contributed by atoms with van der Waals surface area (Å²) < 4.78 is 4.77. The quantitative estimate of drug-likeness (QED) is 0.625. The molecule has 1 aromatic rings. The van der Waals surface area contributed by atoms with Gasteiger partial charge in [-0.05, 0) is 19.1 Å². The monoisotopic (exact) mass is 237 g/mol. The summed E-state index contributed by atoms with van der Waals surface area (Å²) >= 11 is 1.21. The molecule has 0 saturated heterocycles. The van der Waals surface area contributed by atoms with Crippen LogP contribution in [0.15, 0.2) is 17.2 Å². The molecule has 0 aliphatic carbocycles. The predicted octanol–water partition coefficient (Wildman–Crippen LogP) is 1.19. The Balaban J connectivity index is 2.62. The van der Waals surface area contributed by atoms with Crippen molar-refractivity contribution in [3.63, 3.8) is 0 Å². The summed E-state index contributed by atoms with van der Waals surface area (Å²) in [5.74, 6) is -0.125. The third-order valence-electron chi connectivity index (χ3n) is 1.65. The molecule has 16 heavy (non-hydrogen) atoms. The van der Waals surface area contributed by atoms with Crippen molar-refractivity contribution in [3.05, 3.63) is 17.8 Å². The van der Waals surface area contributed by atoms with Crippen LogP contribution in [0.4, 0.5) is 5.69 Å². The zero-order chi connectivity index (χ0) is 12.0. The van der Waals surface area contributed by atoms with Gasteiger partial charge in [0.1, 0.15) is 6.07 Å². The molecule has 0 unspecified atom stereocenters. The molecule has 0 saturated carbocycles. The Morgan fingerprint density at radius 3 is 3.06 bits per heavy atom. The molecule has 0 fully saturated rings. The third kappa shape index (κ3) is 3.44. The number of anilines is 1. The fraction of sp³-hybridized carbons (Fsp3) is 0.300. The molecule has 2 N–H and O–H groups in total. The number of rotatable bonds is 4. The van der Waals surface area contributed by atoms with Gasteiger partial charge in [0, 0.05) is 0 Å². The SMILES string of the molecule is CCOC(=O)CSc1ccc(N)c(C#N)n1. The minimum atomic E-state index is -0.301. The molecule has 0 radical (unpaired) electrons. The summed E-state index contributed by atoms with van der Waals surface area (Å²) in [6.45, 7) is 2.11. The first-order valence-corrected chi connectivity index (χ1v) is 5.61. The van der Waals surface area contributed by atoms with Crippen LogP contribution in [0.3, 0.4) is 0 Å². The number of ether oxygens (including phenoxy) is 1. The van der Waals surface area contributed by atoms with Crippen molar-refractivity contribution in [1.29, 1.82) is 5.26 Å². The largest absolute Gasteiger partial charge is 0.465 e. The normalized spacial score (nSPS) is 9.50. The minimum absolute atomic E-state index is 0.175. The second-order valence-corrected chi connectivity index (χ2v) is 3.79. The molecule has 0 aromatic carbocycles. The van der Waals surface area contributed by atoms with E-state index in [-0.39, 0.29) is 17.4 Å². The highest BCUT2D eigenvalue weighted by Crippen LogP contribution is 2.18. The van der Waals surface area contributed by atoms with Crippen LogP contribution >= 0.6 is 11.8 Å². The van der Waals surface area contributed by atoms with E-state index < -0.39 is 0 Å². The molecule has 0 amide bonds. The van der Waals surface area contributed by atoms with E-state index in [4.69, 9.17) is 15.7 Å². The number of nitriles is 1. The zero-order valence-corrected chi connectivity index (χ0v) is 9.58. The first-order valence-electron chi connectivity index (χ1n) is 4.62. The summed E-state index contributed by atoms with van der Waals surface area (Å²) in [6.07, 6.45) is 0. The predicted molar refractivity (Wildman–Crippen MR) is 60.7 cm³/mol.